The molecule has 8 heteroatoms. The second kappa shape index (κ2) is 7.93. The minimum atomic E-state index is -3.38. The Kier molecular flexibility index (Phi) is 6.55. The molecule has 0 saturated heterocycles. The molecule has 116 valence electrons. The van der Waals surface area contributed by atoms with Crippen molar-refractivity contribution in [1.29, 1.82) is 0 Å². The highest BCUT2D eigenvalue weighted by Crippen LogP contribution is 2.40. The lowest BCUT2D eigenvalue weighted by Gasteiger charge is -2.26. The standard InChI is InChI=1S/C13H17O7P/c14-10(15)7-6-9(13(17)18)12(21(19)20)11(16)8-4-2-1-3-5-8/h1-5,9,11-12,16,21H,6-7H2,(H,14,15)(H,17,18)(H,19,20). The van der Waals surface area contributed by atoms with Crippen molar-refractivity contribution in [3.05, 3.63) is 35.9 Å². The second-order valence-corrected chi connectivity index (χ2v) is 5.94. The number of aliphatic carboxylic acids is 2. The van der Waals surface area contributed by atoms with Crippen LogP contribution in [0.2, 0.25) is 0 Å². The lowest BCUT2D eigenvalue weighted by atomic mass is 9.92. The number of hydrogen-bond donors (Lipinski definition) is 4. The monoisotopic (exact) mass is 316 g/mol. The predicted octanol–water partition coefficient (Wildman–Crippen LogP) is 1.12. The van der Waals surface area contributed by atoms with Crippen molar-refractivity contribution in [2.45, 2.75) is 24.6 Å². The van der Waals surface area contributed by atoms with E-state index in [4.69, 9.17) is 10.2 Å². The van der Waals surface area contributed by atoms with Gasteiger partial charge in [0.1, 0.15) is 0 Å². The van der Waals surface area contributed by atoms with Crippen molar-refractivity contribution in [3.63, 3.8) is 0 Å². The summed E-state index contributed by atoms with van der Waals surface area (Å²) in [5.41, 5.74) is -1.12. The lowest BCUT2D eigenvalue weighted by Crippen LogP contribution is -2.31. The number of rotatable bonds is 8. The topological polar surface area (TPSA) is 132 Å². The quantitative estimate of drug-likeness (QED) is 0.528. The van der Waals surface area contributed by atoms with Crippen molar-refractivity contribution in [1.82, 2.24) is 0 Å². The van der Waals surface area contributed by atoms with E-state index in [0.717, 1.165) is 0 Å². The predicted molar refractivity (Wildman–Crippen MR) is 74.4 cm³/mol. The van der Waals surface area contributed by atoms with E-state index in [1.807, 2.05) is 0 Å². The van der Waals surface area contributed by atoms with Crippen LogP contribution in [0.1, 0.15) is 24.5 Å². The van der Waals surface area contributed by atoms with Crippen LogP contribution in [0.25, 0.3) is 0 Å². The zero-order valence-electron chi connectivity index (χ0n) is 11.0. The average molecular weight is 316 g/mol. The number of aliphatic hydroxyl groups is 1. The molecule has 1 rings (SSSR count). The maximum atomic E-state index is 11.5. The van der Waals surface area contributed by atoms with Crippen LogP contribution < -0.4 is 0 Å². The fourth-order valence-corrected chi connectivity index (χ4v) is 3.24. The minimum absolute atomic E-state index is 0.316. The number of carboxylic acid groups (broad SMARTS) is 2. The fraction of sp³-hybridized carbons (Fsp3) is 0.385. The number of benzene rings is 1. The second-order valence-electron chi connectivity index (χ2n) is 4.60. The molecule has 0 saturated carbocycles. The molecule has 21 heavy (non-hydrogen) atoms. The van der Waals surface area contributed by atoms with Gasteiger partial charge in [0.05, 0.1) is 17.7 Å². The smallest absolute Gasteiger partial charge is 0.307 e. The Hall–Kier alpha value is -1.69. The van der Waals surface area contributed by atoms with E-state index in [9.17, 15) is 24.2 Å². The molecule has 1 aromatic rings. The van der Waals surface area contributed by atoms with Gasteiger partial charge in [0.2, 0.25) is 0 Å². The minimum Gasteiger partial charge on any atom is -0.481 e. The Labute approximate surface area is 121 Å². The molecule has 0 amide bonds. The third-order valence-corrected chi connectivity index (χ3v) is 4.47. The lowest BCUT2D eigenvalue weighted by molar-refractivity contribution is -0.144. The van der Waals surface area contributed by atoms with Crippen molar-refractivity contribution >= 4 is 20.0 Å². The summed E-state index contributed by atoms with van der Waals surface area (Å²) < 4.78 is 11.5. The Morgan fingerprint density at radius 3 is 2.14 bits per heavy atom. The SMILES string of the molecule is O=C(O)CCC(C(=O)O)C(C(O)c1ccccc1)[PH](=O)O. The largest absolute Gasteiger partial charge is 0.481 e. The van der Waals surface area contributed by atoms with Crippen LogP contribution in [0, 0.1) is 5.92 Å². The van der Waals surface area contributed by atoms with E-state index in [1.165, 1.54) is 12.1 Å². The van der Waals surface area contributed by atoms with Crippen LogP contribution >= 0.6 is 8.03 Å². The third kappa shape index (κ3) is 4.97. The maximum absolute atomic E-state index is 11.5. The first-order valence-electron chi connectivity index (χ1n) is 6.25. The highest BCUT2D eigenvalue weighted by Gasteiger charge is 2.38. The molecule has 0 bridgehead atoms. The molecular weight excluding hydrogens is 299 g/mol. The molecule has 4 N–H and O–H groups in total. The molecule has 0 aromatic heterocycles. The first-order valence-corrected chi connectivity index (χ1v) is 7.68. The molecular formula is C13H17O7P. The molecule has 0 aliphatic heterocycles. The van der Waals surface area contributed by atoms with E-state index in [1.54, 1.807) is 18.2 Å². The van der Waals surface area contributed by atoms with Gasteiger partial charge in [0, 0.05) is 6.42 Å². The summed E-state index contributed by atoms with van der Waals surface area (Å²) in [4.78, 5) is 31.2. The molecule has 1 aromatic carbocycles. The van der Waals surface area contributed by atoms with Crippen LogP contribution in [0.5, 0.6) is 0 Å². The normalized spacial score (nSPS) is 16.7. The summed E-state index contributed by atoms with van der Waals surface area (Å²) in [5.74, 6) is -4.01. The van der Waals surface area contributed by atoms with E-state index in [-0.39, 0.29) is 6.42 Å². The van der Waals surface area contributed by atoms with Crippen molar-refractivity contribution < 1.29 is 34.4 Å². The Morgan fingerprint density at radius 1 is 1.14 bits per heavy atom. The first-order chi connectivity index (χ1) is 9.84. The summed E-state index contributed by atoms with van der Waals surface area (Å²) >= 11 is 0. The fourth-order valence-electron chi connectivity index (χ4n) is 2.12. The molecule has 0 aliphatic rings. The van der Waals surface area contributed by atoms with Gasteiger partial charge in [-0.15, -0.1) is 0 Å². The Balaban J connectivity index is 3.04. The van der Waals surface area contributed by atoms with Crippen LogP contribution in [0.3, 0.4) is 0 Å². The van der Waals surface area contributed by atoms with E-state index < -0.39 is 44.1 Å². The van der Waals surface area contributed by atoms with Crippen molar-refractivity contribution in [2.24, 2.45) is 5.92 Å². The molecule has 0 fully saturated rings. The van der Waals surface area contributed by atoms with Crippen molar-refractivity contribution in [3.8, 4) is 0 Å². The van der Waals surface area contributed by atoms with Gasteiger partial charge >= 0.3 is 11.9 Å². The summed E-state index contributed by atoms with van der Waals surface area (Å²) in [6.07, 6.45) is -2.22. The van der Waals surface area contributed by atoms with Crippen LogP contribution in [-0.4, -0.2) is 37.8 Å². The Bertz CT molecular complexity index is 517. The van der Waals surface area contributed by atoms with E-state index >= 15 is 0 Å². The number of aliphatic hydroxyl groups excluding tert-OH is 1. The molecule has 0 heterocycles. The molecule has 0 spiro atoms. The highest BCUT2D eigenvalue weighted by atomic mass is 31.1. The summed E-state index contributed by atoms with van der Waals surface area (Å²) in [6.45, 7) is 0. The first kappa shape index (κ1) is 17.4. The molecule has 4 unspecified atom stereocenters. The number of carbonyl (C=O) groups is 2. The van der Waals surface area contributed by atoms with E-state index in [0.29, 0.717) is 5.56 Å². The highest BCUT2D eigenvalue weighted by molar-refractivity contribution is 7.39. The molecule has 0 aliphatic carbocycles. The zero-order chi connectivity index (χ0) is 16.0. The van der Waals surface area contributed by atoms with Gasteiger partial charge in [-0.1, -0.05) is 30.3 Å². The maximum Gasteiger partial charge on any atom is 0.307 e. The van der Waals surface area contributed by atoms with Gasteiger partial charge in [-0.2, -0.15) is 0 Å². The van der Waals surface area contributed by atoms with Crippen LogP contribution in [-0.2, 0) is 14.2 Å². The number of carboxylic acids is 2. The van der Waals surface area contributed by atoms with Crippen molar-refractivity contribution in [2.75, 3.05) is 0 Å². The van der Waals surface area contributed by atoms with Crippen LogP contribution in [0.4, 0.5) is 0 Å². The van der Waals surface area contributed by atoms with Gasteiger partial charge in [0.15, 0.2) is 8.03 Å². The van der Waals surface area contributed by atoms with Gasteiger partial charge < -0.3 is 20.2 Å². The van der Waals surface area contributed by atoms with E-state index in [2.05, 4.69) is 0 Å². The van der Waals surface area contributed by atoms with Gasteiger partial charge in [0.25, 0.3) is 0 Å². The number of hydrogen-bond acceptors (Lipinski definition) is 4. The summed E-state index contributed by atoms with van der Waals surface area (Å²) in [7, 11) is -3.38. The van der Waals surface area contributed by atoms with Gasteiger partial charge in [-0.25, -0.2) is 0 Å². The van der Waals surface area contributed by atoms with Gasteiger partial charge in [-0.3, -0.25) is 14.2 Å². The summed E-state index contributed by atoms with van der Waals surface area (Å²) in [5, 5.41) is 28.0. The van der Waals surface area contributed by atoms with Gasteiger partial charge in [-0.05, 0) is 12.0 Å². The summed E-state index contributed by atoms with van der Waals surface area (Å²) in [6, 6.07) is 7.93. The Morgan fingerprint density at radius 2 is 1.71 bits per heavy atom. The van der Waals surface area contributed by atoms with Crippen LogP contribution in [0.15, 0.2) is 30.3 Å². The molecule has 7 nitrogen and oxygen atoms in total. The molecule has 0 radical (unpaired) electrons. The third-order valence-electron chi connectivity index (χ3n) is 3.19. The molecule has 4 atom stereocenters. The zero-order valence-corrected chi connectivity index (χ0v) is 12.0. The average Bonchev–Trinajstić information content (AvgIpc) is 2.42.